The molecule has 2 nitrogen and oxygen atoms in total. The molecular weight excluding hydrogens is 192 g/mol. The number of rotatable bonds is 0. The van der Waals surface area contributed by atoms with E-state index in [0.29, 0.717) is 0 Å². The molecule has 3 heteroatoms. The number of halogens is 1. The smallest absolute Gasteiger partial charge is 0.200 e. The van der Waals surface area contributed by atoms with Gasteiger partial charge in [0.1, 0.15) is 0 Å². The first-order valence-corrected chi connectivity index (χ1v) is 4.00. The Labute approximate surface area is 69.8 Å². The second-order valence-electron chi connectivity index (χ2n) is 1.46. The summed E-state index contributed by atoms with van der Waals surface area (Å²) in [6, 6.07) is 3.75. The molecule has 1 aromatic heterocycles. The molecule has 0 unspecified atom stereocenters. The van der Waals surface area contributed by atoms with E-state index in [1.165, 1.54) is 4.68 Å². The summed E-state index contributed by atoms with van der Waals surface area (Å²) in [4.78, 5) is 0. The molecule has 0 radical (unpaired) electrons. The fourth-order valence-corrected chi connectivity index (χ4v) is 0.656. The minimum absolute atomic E-state index is 1.04. The van der Waals surface area contributed by atoms with E-state index in [1.807, 2.05) is 26.0 Å². The molecule has 0 aliphatic rings. The summed E-state index contributed by atoms with van der Waals surface area (Å²) < 4.78 is 2.53. The third kappa shape index (κ3) is 3.45. The number of pyridine rings is 1. The Hall–Kier alpha value is -0.570. The molecule has 0 aliphatic carbocycles. The molecule has 0 aromatic carbocycles. The monoisotopic (exact) mass is 203 g/mol. The maximum Gasteiger partial charge on any atom is 0.200 e. The highest BCUT2D eigenvalue weighted by Crippen LogP contribution is 2.02. The molecular formula is C7H12BrN2+. The van der Waals surface area contributed by atoms with Crippen LogP contribution in [0.5, 0.6) is 0 Å². The van der Waals surface area contributed by atoms with Gasteiger partial charge in [-0.2, -0.15) is 0 Å². The Balaban J connectivity index is 0.000000371. The fraction of sp³-hybridized carbons (Fsp3) is 0.286. The van der Waals surface area contributed by atoms with Gasteiger partial charge in [0, 0.05) is 16.6 Å². The third-order valence-electron chi connectivity index (χ3n) is 0.812. The van der Waals surface area contributed by atoms with Gasteiger partial charge in [-0.3, -0.25) is 0 Å². The van der Waals surface area contributed by atoms with Gasteiger partial charge in [0.2, 0.25) is 0 Å². The molecule has 56 valence electrons. The molecule has 1 rings (SSSR count). The highest BCUT2D eigenvalue weighted by molar-refractivity contribution is 9.10. The van der Waals surface area contributed by atoms with Crippen molar-refractivity contribution in [1.82, 2.24) is 0 Å². The standard InChI is InChI=1S/C5H6BrN2.C2H6/c6-5-1-3-8(7)4-2-5;1-2/h1-4H,7H2;1-2H3/q+1;. The van der Waals surface area contributed by atoms with E-state index in [2.05, 4.69) is 15.9 Å². The van der Waals surface area contributed by atoms with E-state index in [1.54, 1.807) is 12.4 Å². The van der Waals surface area contributed by atoms with E-state index in [9.17, 15) is 0 Å². The van der Waals surface area contributed by atoms with Crippen LogP contribution in [0, 0.1) is 0 Å². The molecule has 0 saturated heterocycles. The summed E-state index contributed by atoms with van der Waals surface area (Å²) in [5.74, 6) is 5.32. The predicted octanol–water partition coefficient (Wildman–Crippen LogP) is 1.48. The zero-order valence-electron chi connectivity index (χ0n) is 6.21. The van der Waals surface area contributed by atoms with Crippen LogP contribution in [0.25, 0.3) is 0 Å². The molecule has 2 N–H and O–H groups in total. The first-order valence-electron chi connectivity index (χ1n) is 3.21. The molecule has 0 bridgehead atoms. The highest BCUT2D eigenvalue weighted by atomic mass is 79.9. The number of hydrogen-bond donors (Lipinski definition) is 1. The lowest BCUT2D eigenvalue weighted by Gasteiger charge is -1.82. The largest absolute Gasteiger partial charge is 0.205 e. The number of aromatic nitrogens is 1. The zero-order chi connectivity index (χ0) is 7.98. The van der Waals surface area contributed by atoms with Gasteiger partial charge in [0.05, 0.1) is 0 Å². The van der Waals surface area contributed by atoms with Gasteiger partial charge in [-0.1, -0.05) is 34.5 Å². The molecule has 0 spiro atoms. The van der Waals surface area contributed by atoms with Crippen molar-refractivity contribution in [3.63, 3.8) is 0 Å². The van der Waals surface area contributed by atoms with Gasteiger partial charge >= 0.3 is 0 Å². The quantitative estimate of drug-likeness (QED) is 0.503. The summed E-state index contributed by atoms with van der Waals surface area (Å²) in [5, 5.41) is 0. The lowest BCUT2D eigenvalue weighted by Crippen LogP contribution is -2.43. The SMILES string of the molecule is CC.N[n+]1ccc(Br)cc1. The van der Waals surface area contributed by atoms with Crippen molar-refractivity contribution < 1.29 is 4.68 Å². The van der Waals surface area contributed by atoms with E-state index < -0.39 is 0 Å². The van der Waals surface area contributed by atoms with Gasteiger partial charge in [0.15, 0.2) is 12.4 Å². The van der Waals surface area contributed by atoms with Crippen LogP contribution >= 0.6 is 15.9 Å². The van der Waals surface area contributed by atoms with Gasteiger partial charge in [-0.25, -0.2) is 5.84 Å². The topological polar surface area (TPSA) is 29.9 Å². The third-order valence-corrected chi connectivity index (χ3v) is 1.34. The Morgan fingerprint density at radius 1 is 1.30 bits per heavy atom. The summed E-state index contributed by atoms with van der Waals surface area (Å²) in [7, 11) is 0. The van der Waals surface area contributed by atoms with Crippen molar-refractivity contribution in [1.29, 1.82) is 0 Å². The van der Waals surface area contributed by atoms with E-state index in [0.717, 1.165) is 4.47 Å². The molecule has 1 heterocycles. The summed E-state index contributed by atoms with van der Waals surface area (Å²) >= 11 is 3.28. The van der Waals surface area contributed by atoms with Crippen molar-refractivity contribution >= 4 is 15.9 Å². The number of nitrogens with zero attached hydrogens (tertiary/aromatic N) is 1. The lowest BCUT2D eigenvalue weighted by atomic mass is 10.5. The van der Waals surface area contributed by atoms with Crippen LogP contribution in [0.1, 0.15) is 13.8 Å². The normalized spacial score (nSPS) is 7.90. The van der Waals surface area contributed by atoms with Crippen molar-refractivity contribution in [2.75, 3.05) is 5.84 Å². The second kappa shape index (κ2) is 5.23. The van der Waals surface area contributed by atoms with Gasteiger partial charge in [-0.05, 0) is 0 Å². The maximum absolute atomic E-state index is 5.32. The van der Waals surface area contributed by atoms with Crippen LogP contribution in [-0.4, -0.2) is 0 Å². The van der Waals surface area contributed by atoms with E-state index in [4.69, 9.17) is 5.84 Å². The Morgan fingerprint density at radius 2 is 1.70 bits per heavy atom. The van der Waals surface area contributed by atoms with E-state index >= 15 is 0 Å². The molecule has 0 aliphatic heterocycles. The van der Waals surface area contributed by atoms with Crippen molar-refractivity contribution in [3.8, 4) is 0 Å². The predicted molar refractivity (Wildman–Crippen MR) is 45.8 cm³/mol. The lowest BCUT2D eigenvalue weighted by molar-refractivity contribution is -0.639. The zero-order valence-corrected chi connectivity index (χ0v) is 7.80. The van der Waals surface area contributed by atoms with Gasteiger partial charge < -0.3 is 0 Å². The van der Waals surface area contributed by atoms with Crippen LogP contribution in [0.4, 0.5) is 0 Å². The van der Waals surface area contributed by atoms with Crippen molar-refractivity contribution in [2.24, 2.45) is 0 Å². The first-order chi connectivity index (χ1) is 4.79. The summed E-state index contributed by atoms with van der Waals surface area (Å²) in [6.45, 7) is 4.00. The van der Waals surface area contributed by atoms with Gasteiger partial charge in [0.25, 0.3) is 0 Å². The molecule has 0 amide bonds. The first kappa shape index (κ1) is 9.43. The summed E-state index contributed by atoms with van der Waals surface area (Å²) in [6.07, 6.45) is 3.54. The molecule has 0 saturated carbocycles. The number of hydrogen-bond acceptors (Lipinski definition) is 1. The van der Waals surface area contributed by atoms with Crippen LogP contribution in [-0.2, 0) is 0 Å². The highest BCUT2D eigenvalue weighted by Gasteiger charge is 1.88. The van der Waals surface area contributed by atoms with Crippen molar-refractivity contribution in [2.45, 2.75) is 13.8 Å². The number of nitrogen functional groups attached to an aromatic ring is 1. The number of nitrogens with two attached hydrogens (primary N) is 1. The van der Waals surface area contributed by atoms with Crippen LogP contribution in [0.3, 0.4) is 0 Å². The molecule has 1 aromatic rings. The average molecular weight is 204 g/mol. The Kier molecular flexibility index (Phi) is 4.94. The fourth-order valence-electron chi connectivity index (χ4n) is 0.420. The second-order valence-corrected chi connectivity index (χ2v) is 2.38. The van der Waals surface area contributed by atoms with Crippen LogP contribution in [0.2, 0.25) is 0 Å². The van der Waals surface area contributed by atoms with E-state index in [-0.39, 0.29) is 0 Å². The van der Waals surface area contributed by atoms with Gasteiger partial charge in [-0.15, -0.1) is 0 Å². The minimum Gasteiger partial charge on any atom is -0.205 e. The average Bonchev–Trinajstić information content (AvgIpc) is 2.00. The van der Waals surface area contributed by atoms with Crippen molar-refractivity contribution in [3.05, 3.63) is 29.0 Å². The Bertz CT molecular complexity index is 150. The molecule has 10 heavy (non-hydrogen) atoms. The minimum atomic E-state index is 1.04. The van der Waals surface area contributed by atoms with Crippen LogP contribution < -0.4 is 10.5 Å². The maximum atomic E-state index is 5.32. The van der Waals surface area contributed by atoms with Crippen LogP contribution in [0.15, 0.2) is 29.0 Å². The molecule has 0 atom stereocenters. The molecule has 0 fully saturated rings. The Morgan fingerprint density at radius 3 is 2.00 bits per heavy atom. The summed E-state index contributed by atoms with van der Waals surface area (Å²) in [5.41, 5.74) is 0.